The lowest BCUT2D eigenvalue weighted by Gasteiger charge is -2.04. The lowest BCUT2D eigenvalue weighted by molar-refractivity contribution is 0.0944. The van der Waals surface area contributed by atoms with Crippen molar-refractivity contribution in [3.63, 3.8) is 0 Å². The Hall–Kier alpha value is -2.40. The summed E-state index contributed by atoms with van der Waals surface area (Å²) >= 11 is 1.58. The minimum atomic E-state index is -0.534. The molecule has 0 saturated carbocycles. The van der Waals surface area contributed by atoms with Crippen molar-refractivity contribution in [2.45, 2.75) is 6.54 Å². The van der Waals surface area contributed by atoms with E-state index in [0.717, 1.165) is 10.6 Å². The van der Waals surface area contributed by atoms with E-state index in [4.69, 9.17) is 4.42 Å². The number of carbonyl (C=O) groups is 1. The van der Waals surface area contributed by atoms with Crippen LogP contribution in [0.5, 0.6) is 0 Å². The smallest absolute Gasteiger partial charge is 0.254 e. The van der Waals surface area contributed by atoms with E-state index in [1.165, 1.54) is 12.1 Å². The van der Waals surface area contributed by atoms with E-state index in [1.54, 1.807) is 29.5 Å². The summed E-state index contributed by atoms with van der Waals surface area (Å²) in [5, 5.41) is 4.62. The fourth-order valence-electron chi connectivity index (χ4n) is 1.93. The van der Waals surface area contributed by atoms with E-state index in [0.29, 0.717) is 5.76 Å². The van der Waals surface area contributed by atoms with Crippen LogP contribution in [0.2, 0.25) is 0 Å². The summed E-state index contributed by atoms with van der Waals surface area (Å²) in [5.74, 6) is 0.402. The standard InChI is InChI=1S/C16H12FNO2S/c17-13-5-2-1-4-12(13)16(19)18-10-11-7-8-14(20-11)15-6-3-9-21-15/h1-9H,10H2,(H,18,19). The molecule has 0 spiro atoms. The Labute approximate surface area is 125 Å². The van der Waals surface area contributed by atoms with Gasteiger partial charge in [0.1, 0.15) is 17.3 Å². The van der Waals surface area contributed by atoms with Gasteiger partial charge in [-0.25, -0.2) is 4.39 Å². The number of amides is 1. The molecule has 0 aliphatic heterocycles. The maximum atomic E-state index is 13.5. The second kappa shape index (κ2) is 5.93. The van der Waals surface area contributed by atoms with Crippen molar-refractivity contribution in [2.75, 3.05) is 0 Å². The minimum absolute atomic E-state index is 0.0301. The van der Waals surface area contributed by atoms with Gasteiger partial charge >= 0.3 is 0 Å². The Balaban J connectivity index is 1.66. The number of halogens is 1. The van der Waals surface area contributed by atoms with Crippen molar-refractivity contribution in [1.82, 2.24) is 5.32 Å². The summed E-state index contributed by atoms with van der Waals surface area (Å²) < 4.78 is 19.1. The topological polar surface area (TPSA) is 42.2 Å². The molecule has 3 aromatic rings. The van der Waals surface area contributed by atoms with Gasteiger partial charge in [-0.2, -0.15) is 0 Å². The van der Waals surface area contributed by atoms with Crippen molar-refractivity contribution >= 4 is 17.2 Å². The quantitative estimate of drug-likeness (QED) is 0.789. The van der Waals surface area contributed by atoms with E-state index in [9.17, 15) is 9.18 Å². The molecule has 0 radical (unpaired) electrons. The molecule has 0 fully saturated rings. The fourth-order valence-corrected chi connectivity index (χ4v) is 2.62. The third kappa shape index (κ3) is 3.03. The van der Waals surface area contributed by atoms with E-state index in [1.807, 2.05) is 23.6 Å². The first-order chi connectivity index (χ1) is 10.2. The van der Waals surface area contributed by atoms with Crippen LogP contribution in [-0.2, 0) is 6.54 Å². The Morgan fingerprint density at radius 3 is 2.76 bits per heavy atom. The second-order valence-corrected chi connectivity index (χ2v) is 5.35. The molecule has 2 aromatic heterocycles. The number of hydrogen-bond donors (Lipinski definition) is 1. The van der Waals surface area contributed by atoms with Crippen LogP contribution in [0.3, 0.4) is 0 Å². The van der Waals surface area contributed by atoms with Crippen molar-refractivity contribution < 1.29 is 13.6 Å². The molecule has 0 saturated heterocycles. The fraction of sp³-hybridized carbons (Fsp3) is 0.0625. The van der Waals surface area contributed by atoms with Gasteiger partial charge in [-0.1, -0.05) is 18.2 Å². The molecule has 0 unspecified atom stereocenters. The highest BCUT2D eigenvalue weighted by Crippen LogP contribution is 2.26. The Morgan fingerprint density at radius 2 is 2.00 bits per heavy atom. The number of carbonyl (C=O) groups excluding carboxylic acids is 1. The summed E-state index contributed by atoms with van der Waals surface area (Å²) in [6, 6.07) is 13.5. The van der Waals surface area contributed by atoms with Crippen LogP contribution in [0.4, 0.5) is 4.39 Å². The summed E-state index contributed by atoms with van der Waals surface area (Å²) in [7, 11) is 0. The van der Waals surface area contributed by atoms with Crippen LogP contribution in [0.25, 0.3) is 10.6 Å². The second-order valence-electron chi connectivity index (χ2n) is 4.41. The summed E-state index contributed by atoms with van der Waals surface area (Å²) in [6.45, 7) is 0.221. The predicted octanol–water partition coefficient (Wildman–Crippen LogP) is 4.08. The molecule has 0 atom stereocenters. The lowest BCUT2D eigenvalue weighted by atomic mass is 10.2. The van der Waals surface area contributed by atoms with Crippen LogP contribution in [0.15, 0.2) is 58.3 Å². The van der Waals surface area contributed by atoms with Crippen LogP contribution >= 0.6 is 11.3 Å². The normalized spacial score (nSPS) is 10.5. The molecule has 106 valence electrons. The summed E-state index contributed by atoms with van der Waals surface area (Å²) in [4.78, 5) is 12.9. The van der Waals surface area contributed by atoms with Crippen molar-refractivity contribution in [3.8, 4) is 10.6 Å². The molecular formula is C16H12FNO2S. The van der Waals surface area contributed by atoms with Crippen LogP contribution < -0.4 is 5.32 Å². The molecule has 0 aliphatic carbocycles. The Morgan fingerprint density at radius 1 is 1.14 bits per heavy atom. The number of hydrogen-bond acceptors (Lipinski definition) is 3. The van der Waals surface area contributed by atoms with Crippen molar-refractivity contribution in [3.05, 3.63) is 71.1 Å². The average Bonchev–Trinajstić information content (AvgIpc) is 3.16. The lowest BCUT2D eigenvalue weighted by Crippen LogP contribution is -2.23. The zero-order valence-electron chi connectivity index (χ0n) is 11.0. The van der Waals surface area contributed by atoms with Gasteiger partial charge < -0.3 is 9.73 Å². The third-order valence-electron chi connectivity index (χ3n) is 2.97. The molecule has 0 bridgehead atoms. The first-order valence-corrected chi connectivity index (χ1v) is 7.27. The van der Waals surface area contributed by atoms with Gasteiger partial charge in [0.25, 0.3) is 5.91 Å². The minimum Gasteiger partial charge on any atom is -0.458 e. The summed E-state index contributed by atoms with van der Waals surface area (Å²) in [5.41, 5.74) is 0.0301. The van der Waals surface area contributed by atoms with Gasteiger partial charge in [0, 0.05) is 0 Å². The van der Waals surface area contributed by atoms with Crippen LogP contribution in [0.1, 0.15) is 16.1 Å². The van der Waals surface area contributed by atoms with Crippen molar-refractivity contribution in [1.29, 1.82) is 0 Å². The molecule has 3 rings (SSSR count). The number of furan rings is 1. The maximum Gasteiger partial charge on any atom is 0.254 e. The number of nitrogens with one attached hydrogen (secondary N) is 1. The van der Waals surface area contributed by atoms with E-state index in [-0.39, 0.29) is 12.1 Å². The zero-order valence-corrected chi connectivity index (χ0v) is 11.8. The molecule has 1 aromatic carbocycles. The van der Waals surface area contributed by atoms with E-state index in [2.05, 4.69) is 5.32 Å². The molecule has 1 N–H and O–H groups in total. The third-order valence-corrected chi connectivity index (χ3v) is 3.85. The maximum absolute atomic E-state index is 13.5. The first-order valence-electron chi connectivity index (χ1n) is 6.39. The summed E-state index contributed by atoms with van der Waals surface area (Å²) in [6.07, 6.45) is 0. The number of thiophene rings is 1. The van der Waals surface area contributed by atoms with Gasteiger partial charge in [0.05, 0.1) is 17.0 Å². The van der Waals surface area contributed by atoms with Crippen LogP contribution in [-0.4, -0.2) is 5.91 Å². The highest BCUT2D eigenvalue weighted by Gasteiger charge is 2.11. The SMILES string of the molecule is O=C(NCc1ccc(-c2cccs2)o1)c1ccccc1F. The molecular weight excluding hydrogens is 289 g/mol. The van der Waals surface area contributed by atoms with Gasteiger partial charge in [0.2, 0.25) is 0 Å². The van der Waals surface area contributed by atoms with Crippen molar-refractivity contribution in [2.24, 2.45) is 0 Å². The number of benzene rings is 1. The van der Waals surface area contributed by atoms with Gasteiger partial charge in [-0.05, 0) is 35.7 Å². The largest absolute Gasteiger partial charge is 0.458 e. The Bertz CT molecular complexity index is 749. The first kappa shape index (κ1) is 13.6. The molecule has 2 heterocycles. The average molecular weight is 301 g/mol. The highest BCUT2D eigenvalue weighted by molar-refractivity contribution is 7.13. The molecule has 1 amide bonds. The van der Waals surface area contributed by atoms with Gasteiger partial charge in [-0.15, -0.1) is 11.3 Å². The molecule has 3 nitrogen and oxygen atoms in total. The van der Waals surface area contributed by atoms with Gasteiger partial charge in [-0.3, -0.25) is 4.79 Å². The van der Waals surface area contributed by atoms with E-state index >= 15 is 0 Å². The zero-order chi connectivity index (χ0) is 14.7. The molecule has 21 heavy (non-hydrogen) atoms. The van der Waals surface area contributed by atoms with E-state index < -0.39 is 11.7 Å². The number of rotatable bonds is 4. The predicted molar refractivity (Wildman–Crippen MR) is 79.6 cm³/mol. The van der Waals surface area contributed by atoms with Gasteiger partial charge in [0.15, 0.2) is 0 Å². The van der Waals surface area contributed by atoms with Crippen LogP contribution in [0, 0.1) is 5.82 Å². The Kier molecular flexibility index (Phi) is 3.83. The molecule has 0 aliphatic rings. The highest BCUT2D eigenvalue weighted by atomic mass is 32.1. The monoisotopic (exact) mass is 301 g/mol. The molecule has 5 heteroatoms.